The molecule has 0 radical (unpaired) electrons. The average molecular weight is 787 g/mol. The van der Waals surface area contributed by atoms with Crippen LogP contribution >= 0.6 is 11.8 Å². The molecule has 3 aromatic rings. The van der Waals surface area contributed by atoms with E-state index >= 15 is 0 Å². The van der Waals surface area contributed by atoms with Crippen LogP contribution in [0.15, 0.2) is 73.1 Å². The van der Waals surface area contributed by atoms with E-state index in [0.29, 0.717) is 11.3 Å². The molecule has 16 heteroatoms. The molecule has 7 amide bonds. The van der Waals surface area contributed by atoms with Crippen molar-refractivity contribution in [3.8, 4) is 0 Å². The summed E-state index contributed by atoms with van der Waals surface area (Å²) in [4.78, 5) is 101. The molecule has 56 heavy (non-hydrogen) atoms. The SMILES string of the molecule is CSCC[C@@H]1NC(=O)[C@H](CC(C)C)N2C=C[C@@H](NC(=O)[C@H](Cc3ccccc3)NC(=O)[C@@H](Cc3c[nH]c4ccccc34)NC(=O)[C@H](CCC(N)=O)NC1=O)C2=O. The molecule has 0 unspecified atom stereocenters. The number of hydrogen-bond donors (Lipinski definition) is 7. The number of carbonyl (C=O) groups excluding carboxylic acids is 7. The van der Waals surface area contributed by atoms with E-state index in [1.807, 2.05) is 50.4 Å². The summed E-state index contributed by atoms with van der Waals surface area (Å²) in [5, 5.41) is 14.6. The predicted molar refractivity (Wildman–Crippen MR) is 212 cm³/mol. The van der Waals surface area contributed by atoms with E-state index in [2.05, 4.69) is 31.6 Å². The lowest BCUT2D eigenvalue weighted by Crippen LogP contribution is -2.61. The van der Waals surface area contributed by atoms with Gasteiger partial charge in [-0.2, -0.15) is 11.8 Å². The van der Waals surface area contributed by atoms with Crippen molar-refractivity contribution in [2.45, 2.75) is 88.6 Å². The summed E-state index contributed by atoms with van der Waals surface area (Å²) < 4.78 is 0. The molecular formula is C40H50N8O7S. The smallest absolute Gasteiger partial charge is 0.253 e. The van der Waals surface area contributed by atoms with Crippen molar-refractivity contribution in [2.75, 3.05) is 12.0 Å². The fourth-order valence-electron chi connectivity index (χ4n) is 6.84. The minimum Gasteiger partial charge on any atom is -0.370 e. The van der Waals surface area contributed by atoms with E-state index in [-0.39, 0.29) is 44.4 Å². The van der Waals surface area contributed by atoms with E-state index in [0.717, 1.165) is 16.5 Å². The van der Waals surface area contributed by atoms with Crippen molar-refractivity contribution < 1.29 is 33.6 Å². The van der Waals surface area contributed by atoms with Crippen LogP contribution in [0, 0.1) is 5.92 Å². The molecule has 6 atom stereocenters. The lowest BCUT2D eigenvalue weighted by molar-refractivity contribution is -0.140. The minimum absolute atomic E-state index is 0.0137. The first kappa shape index (κ1) is 41.5. The topological polar surface area (TPSA) is 225 Å². The van der Waals surface area contributed by atoms with Gasteiger partial charge in [0.2, 0.25) is 35.4 Å². The molecule has 2 bridgehead atoms. The van der Waals surface area contributed by atoms with Gasteiger partial charge < -0.3 is 42.2 Å². The molecule has 1 fully saturated rings. The number of aromatic amines is 1. The number of carbonyl (C=O) groups is 7. The Morgan fingerprint density at radius 3 is 2.02 bits per heavy atom. The molecule has 15 nitrogen and oxygen atoms in total. The number of H-pyrrole nitrogens is 1. The summed E-state index contributed by atoms with van der Waals surface area (Å²) in [6.07, 6.45) is 6.52. The number of rotatable bonds is 12. The Hall–Kier alpha value is -5.64. The zero-order chi connectivity index (χ0) is 40.4. The average Bonchev–Trinajstić information content (AvgIpc) is 3.75. The van der Waals surface area contributed by atoms with Gasteiger partial charge in [-0.15, -0.1) is 0 Å². The van der Waals surface area contributed by atoms with E-state index in [4.69, 9.17) is 5.73 Å². The van der Waals surface area contributed by atoms with Crippen molar-refractivity contribution in [3.63, 3.8) is 0 Å². The number of nitrogens with zero attached hydrogens (tertiary/aromatic N) is 1. The zero-order valence-electron chi connectivity index (χ0n) is 31.7. The Labute approximate surface area is 329 Å². The van der Waals surface area contributed by atoms with Gasteiger partial charge in [-0.25, -0.2) is 0 Å². The Bertz CT molecular complexity index is 1950. The quantitative estimate of drug-likeness (QED) is 0.141. The van der Waals surface area contributed by atoms with Gasteiger partial charge in [0, 0.05) is 42.6 Å². The Kier molecular flexibility index (Phi) is 14.3. The summed E-state index contributed by atoms with van der Waals surface area (Å²) in [6, 6.07) is 9.36. The normalized spacial score (nSPS) is 23.9. The van der Waals surface area contributed by atoms with Gasteiger partial charge in [0.25, 0.3) is 5.91 Å². The van der Waals surface area contributed by atoms with Crippen LogP contribution in [0.4, 0.5) is 0 Å². The number of nitrogens with two attached hydrogens (primary N) is 1. The highest BCUT2D eigenvalue weighted by Gasteiger charge is 2.40. The molecule has 1 aromatic heterocycles. The molecule has 2 aliphatic rings. The second-order valence-electron chi connectivity index (χ2n) is 14.5. The standard InChI is InChI=1S/C40H50N8O7S/c1-23(2)19-33-39(54)44-29(16-18-56-3)36(51)43-28(13-14-34(41)49)35(50)47-32(21-25-22-42-27-12-8-7-11-26(25)27)38(53)46-31(20-24-9-5-4-6-10-24)37(52)45-30-15-17-48(33)40(30)55/h4-12,15,17,22-23,28-33,42H,13-14,16,18-21H2,1-3H3,(H2,41,49)(H,43,51)(H,44,54)(H,45,52)(H,46,53)(H,47,50)/t28-,29-,30+,31-,32+,33-/m0/s1. The fraction of sp³-hybridized carbons (Fsp3) is 0.425. The predicted octanol–water partition coefficient (Wildman–Crippen LogP) is 1.18. The van der Waals surface area contributed by atoms with E-state index in [9.17, 15) is 33.6 Å². The third kappa shape index (κ3) is 10.8. The largest absolute Gasteiger partial charge is 0.370 e. The molecule has 5 rings (SSSR count). The lowest BCUT2D eigenvalue weighted by Gasteiger charge is -2.31. The van der Waals surface area contributed by atoms with Crippen LogP contribution in [0.2, 0.25) is 0 Å². The molecule has 0 saturated carbocycles. The number of primary amides is 1. The molecule has 0 aliphatic carbocycles. The molecule has 298 valence electrons. The Morgan fingerprint density at radius 1 is 0.750 bits per heavy atom. The maximum Gasteiger partial charge on any atom is 0.253 e. The van der Waals surface area contributed by atoms with Gasteiger partial charge in [0.15, 0.2) is 0 Å². The van der Waals surface area contributed by atoms with Gasteiger partial charge in [-0.05, 0) is 60.5 Å². The van der Waals surface area contributed by atoms with E-state index in [1.54, 1.807) is 30.5 Å². The summed E-state index contributed by atoms with van der Waals surface area (Å²) in [5.74, 6) is -4.22. The fourth-order valence-corrected chi connectivity index (χ4v) is 7.31. The van der Waals surface area contributed by atoms with Gasteiger partial charge in [-0.1, -0.05) is 62.4 Å². The number of benzene rings is 2. The second kappa shape index (κ2) is 19.3. The second-order valence-corrected chi connectivity index (χ2v) is 15.5. The van der Waals surface area contributed by atoms with E-state index in [1.165, 1.54) is 28.9 Å². The van der Waals surface area contributed by atoms with Crippen molar-refractivity contribution >= 4 is 64.0 Å². The van der Waals surface area contributed by atoms with Crippen LogP contribution in [0.3, 0.4) is 0 Å². The molecule has 1 saturated heterocycles. The summed E-state index contributed by atoms with van der Waals surface area (Å²) in [6.45, 7) is 3.79. The first-order valence-electron chi connectivity index (χ1n) is 18.7. The highest BCUT2D eigenvalue weighted by molar-refractivity contribution is 7.98. The molecule has 2 aromatic carbocycles. The number of nitrogens with one attached hydrogen (secondary N) is 6. The van der Waals surface area contributed by atoms with Crippen molar-refractivity contribution in [3.05, 3.63) is 84.2 Å². The lowest BCUT2D eigenvalue weighted by atomic mass is 10.00. The Morgan fingerprint density at radius 2 is 1.34 bits per heavy atom. The highest BCUT2D eigenvalue weighted by Crippen LogP contribution is 2.22. The van der Waals surface area contributed by atoms with E-state index < -0.39 is 77.6 Å². The summed E-state index contributed by atoms with van der Waals surface area (Å²) >= 11 is 1.45. The summed E-state index contributed by atoms with van der Waals surface area (Å²) in [7, 11) is 0. The van der Waals surface area contributed by atoms with Crippen LogP contribution in [-0.4, -0.2) is 99.5 Å². The van der Waals surface area contributed by atoms with Crippen LogP contribution in [0.1, 0.15) is 50.7 Å². The third-order valence-electron chi connectivity index (χ3n) is 9.79. The van der Waals surface area contributed by atoms with Gasteiger partial charge >= 0.3 is 0 Å². The first-order valence-corrected chi connectivity index (χ1v) is 20.1. The van der Waals surface area contributed by atoms with Crippen LogP contribution < -0.4 is 32.3 Å². The van der Waals surface area contributed by atoms with Crippen molar-refractivity contribution in [1.82, 2.24) is 36.5 Å². The number of para-hydroxylation sites is 1. The molecule has 0 spiro atoms. The molecular weight excluding hydrogens is 737 g/mol. The van der Waals surface area contributed by atoms with Crippen LogP contribution in [-0.2, 0) is 46.4 Å². The molecule has 8 N–H and O–H groups in total. The Balaban J connectivity index is 1.56. The molecule has 2 aliphatic heterocycles. The van der Waals surface area contributed by atoms with Gasteiger partial charge in [-0.3, -0.25) is 33.6 Å². The van der Waals surface area contributed by atoms with Gasteiger partial charge in [0.05, 0.1) is 0 Å². The van der Waals surface area contributed by atoms with Crippen molar-refractivity contribution in [2.24, 2.45) is 11.7 Å². The molecule has 3 heterocycles. The minimum atomic E-state index is -1.33. The zero-order valence-corrected chi connectivity index (χ0v) is 32.5. The van der Waals surface area contributed by atoms with Crippen LogP contribution in [0.25, 0.3) is 10.9 Å². The van der Waals surface area contributed by atoms with Crippen molar-refractivity contribution in [1.29, 1.82) is 0 Å². The number of fused-ring (bicyclic) bond motifs is 3. The number of amides is 7. The first-order chi connectivity index (χ1) is 26.8. The number of hydrogen-bond acceptors (Lipinski definition) is 8. The third-order valence-corrected chi connectivity index (χ3v) is 10.4. The maximum atomic E-state index is 14.4. The number of thioether (sulfide) groups is 1. The summed E-state index contributed by atoms with van der Waals surface area (Å²) in [5.41, 5.74) is 7.69. The van der Waals surface area contributed by atoms with Crippen LogP contribution in [0.5, 0.6) is 0 Å². The highest BCUT2D eigenvalue weighted by atomic mass is 32.2. The van der Waals surface area contributed by atoms with Gasteiger partial charge in [0.1, 0.15) is 36.3 Å². The monoisotopic (exact) mass is 786 g/mol. The maximum absolute atomic E-state index is 14.4. The number of aromatic nitrogens is 1.